The zero-order valence-electron chi connectivity index (χ0n) is 10.5. The first-order valence-electron chi connectivity index (χ1n) is 5.77. The van der Waals surface area contributed by atoms with Crippen LogP contribution >= 0.6 is 27.3 Å². The normalized spacial score (nSPS) is 23.9. The monoisotopic (exact) mass is 350 g/mol. The number of nitrogens with one attached hydrogen (secondary N) is 1. The maximum atomic E-state index is 11.3. The summed E-state index contributed by atoms with van der Waals surface area (Å²) in [7, 11) is 1.33. The third-order valence-electron chi connectivity index (χ3n) is 2.73. The number of nitrogens with zero attached hydrogens (tertiary/aromatic N) is 1. The van der Waals surface area contributed by atoms with Gasteiger partial charge in [-0.05, 0) is 15.9 Å². The van der Waals surface area contributed by atoms with Crippen LogP contribution in [0.4, 0.5) is 0 Å². The van der Waals surface area contributed by atoms with Crippen molar-refractivity contribution in [1.29, 1.82) is 0 Å². The minimum Gasteiger partial charge on any atom is -0.467 e. The van der Waals surface area contributed by atoms with Crippen LogP contribution in [0.1, 0.15) is 5.01 Å². The maximum Gasteiger partial charge on any atom is 0.331 e. The van der Waals surface area contributed by atoms with Crippen LogP contribution in [0.5, 0.6) is 0 Å². The molecule has 0 spiro atoms. The summed E-state index contributed by atoms with van der Waals surface area (Å²) in [6, 6.07) is 0. The van der Waals surface area contributed by atoms with Gasteiger partial charge in [-0.2, -0.15) is 0 Å². The quantitative estimate of drug-likeness (QED) is 0.814. The maximum absolute atomic E-state index is 11.3. The smallest absolute Gasteiger partial charge is 0.331 e. The largest absolute Gasteiger partial charge is 0.467 e. The number of rotatable bonds is 4. The highest BCUT2D eigenvalue weighted by Crippen LogP contribution is 2.31. The fourth-order valence-electron chi connectivity index (χ4n) is 1.73. The van der Waals surface area contributed by atoms with Crippen molar-refractivity contribution in [2.45, 2.75) is 5.60 Å². The first-order valence-corrected chi connectivity index (χ1v) is 7.44. The fraction of sp³-hybridized carbons (Fsp3) is 0.636. The molecule has 6 nitrogen and oxygen atoms in total. The molecule has 1 aliphatic heterocycles. The molecule has 1 saturated heterocycles. The number of methoxy groups -OCH3 is 1. The lowest BCUT2D eigenvalue weighted by Gasteiger charge is -2.29. The number of hydrogen-bond acceptors (Lipinski definition) is 7. The van der Waals surface area contributed by atoms with E-state index in [4.69, 9.17) is 9.47 Å². The average Bonchev–Trinajstić information content (AvgIpc) is 2.72. The second kappa shape index (κ2) is 6.76. The highest BCUT2D eigenvalue weighted by molar-refractivity contribution is 9.10. The van der Waals surface area contributed by atoms with Crippen LogP contribution in [0.15, 0.2) is 9.98 Å². The van der Waals surface area contributed by atoms with E-state index in [1.807, 2.05) is 5.38 Å². The zero-order chi connectivity index (χ0) is 13.7. The van der Waals surface area contributed by atoms with Crippen LogP contribution in [-0.4, -0.2) is 51.0 Å². The van der Waals surface area contributed by atoms with E-state index in [0.29, 0.717) is 19.8 Å². The van der Waals surface area contributed by atoms with Gasteiger partial charge in [-0.1, -0.05) is 0 Å². The van der Waals surface area contributed by atoms with Crippen LogP contribution in [0.25, 0.3) is 0 Å². The van der Waals surface area contributed by atoms with E-state index in [1.54, 1.807) is 0 Å². The van der Waals surface area contributed by atoms with Gasteiger partial charge in [0.15, 0.2) is 5.60 Å². The Morgan fingerprint density at radius 2 is 2.58 bits per heavy atom. The summed E-state index contributed by atoms with van der Waals surface area (Å²) in [5.74, 6) is -0.417. The van der Waals surface area contributed by atoms with Crippen molar-refractivity contribution in [3.8, 4) is 0 Å². The molecule has 1 N–H and O–H groups in total. The summed E-state index contributed by atoms with van der Waals surface area (Å²) < 4.78 is 16.7. The fourth-order valence-corrected chi connectivity index (χ4v) is 3.13. The predicted octanol–water partition coefficient (Wildman–Crippen LogP) is 0.910. The van der Waals surface area contributed by atoms with E-state index in [-0.39, 0.29) is 6.61 Å². The standard InChI is InChI=1S/C11H15BrN2O4S/c1-16-9(15)4-18-11(6-13-2-3-17-7-11)10-14-8(12)5-19-10/h5,13H,2-4,6-7H2,1H3. The van der Waals surface area contributed by atoms with Crippen molar-refractivity contribution in [3.63, 3.8) is 0 Å². The molecule has 1 fully saturated rings. The van der Waals surface area contributed by atoms with Crippen LogP contribution in [0.3, 0.4) is 0 Å². The summed E-state index contributed by atoms with van der Waals surface area (Å²) in [6.45, 7) is 2.13. The molecule has 8 heteroatoms. The average molecular weight is 351 g/mol. The molecule has 0 radical (unpaired) electrons. The molecular weight excluding hydrogens is 336 g/mol. The first-order chi connectivity index (χ1) is 9.16. The Morgan fingerprint density at radius 3 is 3.26 bits per heavy atom. The number of carbonyl (C=O) groups is 1. The van der Waals surface area contributed by atoms with E-state index in [2.05, 4.69) is 31.0 Å². The first kappa shape index (κ1) is 14.9. The minimum atomic E-state index is -0.749. The molecule has 1 aliphatic rings. The van der Waals surface area contributed by atoms with Gasteiger partial charge in [-0.15, -0.1) is 11.3 Å². The van der Waals surface area contributed by atoms with Gasteiger partial charge in [0.1, 0.15) is 16.2 Å². The SMILES string of the molecule is COC(=O)COC1(c2nc(Br)cs2)CNCCOC1. The number of halogens is 1. The molecule has 19 heavy (non-hydrogen) atoms. The molecule has 106 valence electrons. The van der Waals surface area contributed by atoms with E-state index in [9.17, 15) is 4.79 Å². The number of ether oxygens (including phenoxy) is 3. The van der Waals surface area contributed by atoms with Crippen LogP contribution in [0.2, 0.25) is 0 Å². The van der Waals surface area contributed by atoms with Crippen molar-refractivity contribution in [3.05, 3.63) is 15.0 Å². The van der Waals surface area contributed by atoms with Gasteiger partial charge in [0, 0.05) is 18.5 Å². The minimum absolute atomic E-state index is 0.126. The second-order valence-electron chi connectivity index (χ2n) is 4.06. The summed E-state index contributed by atoms with van der Waals surface area (Å²) in [6.07, 6.45) is 0. The third kappa shape index (κ3) is 3.73. The van der Waals surface area contributed by atoms with E-state index >= 15 is 0 Å². The van der Waals surface area contributed by atoms with Gasteiger partial charge in [-0.25, -0.2) is 9.78 Å². The number of thiazole rings is 1. The summed E-state index contributed by atoms with van der Waals surface area (Å²) in [5, 5.41) is 5.89. The number of carbonyl (C=O) groups excluding carboxylic acids is 1. The highest BCUT2D eigenvalue weighted by Gasteiger charge is 2.38. The van der Waals surface area contributed by atoms with Gasteiger partial charge in [0.2, 0.25) is 0 Å². The lowest BCUT2D eigenvalue weighted by atomic mass is 10.1. The van der Waals surface area contributed by atoms with Gasteiger partial charge in [-0.3, -0.25) is 0 Å². The van der Waals surface area contributed by atoms with Crippen molar-refractivity contribution in [2.75, 3.05) is 40.0 Å². The molecule has 1 atom stereocenters. The Bertz CT molecular complexity index is 432. The predicted molar refractivity (Wildman–Crippen MR) is 73.1 cm³/mol. The lowest BCUT2D eigenvalue weighted by Crippen LogP contribution is -2.43. The van der Waals surface area contributed by atoms with E-state index < -0.39 is 11.6 Å². The van der Waals surface area contributed by atoms with Gasteiger partial charge < -0.3 is 19.5 Å². The molecule has 0 aliphatic carbocycles. The van der Waals surface area contributed by atoms with E-state index in [1.165, 1.54) is 18.4 Å². The second-order valence-corrected chi connectivity index (χ2v) is 5.73. The zero-order valence-corrected chi connectivity index (χ0v) is 12.9. The molecule has 2 heterocycles. The Morgan fingerprint density at radius 1 is 1.74 bits per heavy atom. The molecule has 0 saturated carbocycles. The number of aromatic nitrogens is 1. The molecule has 2 rings (SSSR count). The van der Waals surface area contributed by atoms with Gasteiger partial charge in [0.05, 0.1) is 20.3 Å². The molecule has 1 unspecified atom stereocenters. The Kier molecular flexibility index (Phi) is 5.28. The molecule has 1 aromatic rings. The number of esters is 1. The molecule has 1 aromatic heterocycles. The topological polar surface area (TPSA) is 69.7 Å². The molecule has 0 bridgehead atoms. The Labute approximate surface area is 123 Å². The van der Waals surface area contributed by atoms with Crippen molar-refractivity contribution in [1.82, 2.24) is 10.3 Å². The highest BCUT2D eigenvalue weighted by atomic mass is 79.9. The van der Waals surface area contributed by atoms with Crippen molar-refractivity contribution >= 4 is 33.2 Å². The molecule has 0 aromatic carbocycles. The summed E-state index contributed by atoms with van der Waals surface area (Å²) in [4.78, 5) is 15.7. The Balaban J connectivity index is 2.18. The van der Waals surface area contributed by atoms with E-state index in [0.717, 1.165) is 16.2 Å². The Hall–Kier alpha value is -0.540. The summed E-state index contributed by atoms with van der Waals surface area (Å²) in [5.41, 5.74) is -0.749. The van der Waals surface area contributed by atoms with Crippen molar-refractivity contribution < 1.29 is 19.0 Å². The lowest BCUT2D eigenvalue weighted by molar-refractivity contribution is -0.157. The van der Waals surface area contributed by atoms with Gasteiger partial charge in [0.25, 0.3) is 0 Å². The molecular formula is C11H15BrN2O4S. The summed E-state index contributed by atoms with van der Waals surface area (Å²) >= 11 is 4.80. The molecule has 0 amide bonds. The van der Waals surface area contributed by atoms with Crippen LogP contribution in [-0.2, 0) is 24.6 Å². The van der Waals surface area contributed by atoms with Crippen LogP contribution in [0, 0.1) is 0 Å². The van der Waals surface area contributed by atoms with Crippen LogP contribution < -0.4 is 5.32 Å². The van der Waals surface area contributed by atoms with Gasteiger partial charge >= 0.3 is 5.97 Å². The van der Waals surface area contributed by atoms with Crippen molar-refractivity contribution in [2.24, 2.45) is 0 Å². The third-order valence-corrected chi connectivity index (χ3v) is 4.47. The number of hydrogen-bond donors (Lipinski definition) is 1.